The summed E-state index contributed by atoms with van der Waals surface area (Å²) in [5.74, 6) is 0. The predicted octanol–water partition coefficient (Wildman–Crippen LogP) is -3.11. The summed E-state index contributed by atoms with van der Waals surface area (Å²) in [4.78, 5) is 7.92. The summed E-state index contributed by atoms with van der Waals surface area (Å²) >= 11 is 0. The smallest absolute Gasteiger partial charge is 0.126 e. The lowest BCUT2D eigenvalue weighted by Gasteiger charge is -2.22. The van der Waals surface area contributed by atoms with Gasteiger partial charge >= 0.3 is 0 Å². The van der Waals surface area contributed by atoms with Crippen LogP contribution in [0.3, 0.4) is 0 Å². The second-order valence-electron chi connectivity index (χ2n) is 5.56. The fraction of sp³-hybridized carbons (Fsp3) is 0.733. The predicted molar refractivity (Wildman–Crippen MR) is 84.3 cm³/mol. The molecule has 0 aromatic carbocycles. The van der Waals surface area contributed by atoms with Crippen molar-refractivity contribution in [1.82, 2.24) is 9.97 Å². The summed E-state index contributed by atoms with van der Waals surface area (Å²) in [6, 6.07) is 0. The van der Waals surface area contributed by atoms with Gasteiger partial charge in [0.2, 0.25) is 0 Å². The molecule has 0 saturated heterocycles. The van der Waals surface area contributed by atoms with Crippen molar-refractivity contribution in [3.63, 3.8) is 0 Å². The van der Waals surface area contributed by atoms with Gasteiger partial charge in [0.05, 0.1) is 36.9 Å². The number of nitrogens with zero attached hydrogens (tertiary/aromatic N) is 2. The molecule has 5 atom stereocenters. The zero-order valence-corrected chi connectivity index (χ0v) is 13.7. The quantitative estimate of drug-likeness (QED) is 0.188. The molecule has 0 aliphatic carbocycles. The van der Waals surface area contributed by atoms with Gasteiger partial charge in [0.1, 0.15) is 24.4 Å². The molecule has 0 spiro atoms. The number of aromatic nitrogens is 2. The molecule has 0 aliphatic rings. The highest BCUT2D eigenvalue weighted by Crippen LogP contribution is 2.17. The summed E-state index contributed by atoms with van der Waals surface area (Å²) in [6.45, 7) is -0.974. The zero-order chi connectivity index (χ0) is 18.8. The van der Waals surface area contributed by atoms with E-state index >= 15 is 0 Å². The molecule has 0 radical (unpaired) electrons. The number of hydrogen-bond acceptors (Lipinski definition) is 10. The Hall–Kier alpha value is -1.24. The third-order valence-electron chi connectivity index (χ3n) is 3.59. The van der Waals surface area contributed by atoms with Gasteiger partial charge in [-0.2, -0.15) is 0 Å². The van der Waals surface area contributed by atoms with Gasteiger partial charge in [-0.3, -0.25) is 9.97 Å². The molecule has 10 heteroatoms. The SMILES string of the molecule is OCCCO[C@H](CO)[C@@H](O)Cc1cnc([C@@H](O)[C@H](O)[C@H](O)CO)cn1. The molecule has 1 heterocycles. The van der Waals surface area contributed by atoms with E-state index in [2.05, 4.69) is 9.97 Å². The van der Waals surface area contributed by atoms with Crippen molar-refractivity contribution in [3.05, 3.63) is 23.8 Å². The standard InChI is InChI=1S/C15H26N2O8/c18-2-1-3-25-13(8-20)11(21)4-9-5-17-10(6-16-9)14(23)15(24)12(22)7-19/h5-6,11-15,18-24H,1-4,7-8H2/t11-,12+,13+,14+,15+/m0/s1. The Morgan fingerprint density at radius 3 is 2.16 bits per heavy atom. The van der Waals surface area contributed by atoms with Crippen LogP contribution in [0.15, 0.2) is 12.4 Å². The maximum Gasteiger partial charge on any atom is 0.126 e. The second-order valence-corrected chi connectivity index (χ2v) is 5.56. The van der Waals surface area contributed by atoms with Gasteiger partial charge in [-0.1, -0.05) is 0 Å². The molecular formula is C15H26N2O8. The second kappa shape index (κ2) is 11.4. The van der Waals surface area contributed by atoms with E-state index in [1.165, 1.54) is 12.4 Å². The fourth-order valence-corrected chi connectivity index (χ4v) is 2.05. The van der Waals surface area contributed by atoms with E-state index in [0.717, 1.165) is 0 Å². The molecule has 0 amide bonds. The molecule has 0 unspecified atom stereocenters. The van der Waals surface area contributed by atoms with Crippen LogP contribution >= 0.6 is 0 Å². The van der Waals surface area contributed by atoms with Gasteiger partial charge in [0, 0.05) is 25.8 Å². The first-order chi connectivity index (χ1) is 11.9. The van der Waals surface area contributed by atoms with Crippen molar-refractivity contribution in [2.75, 3.05) is 26.4 Å². The third-order valence-corrected chi connectivity index (χ3v) is 3.59. The van der Waals surface area contributed by atoms with Crippen LogP contribution in [-0.2, 0) is 11.2 Å². The highest BCUT2D eigenvalue weighted by atomic mass is 16.5. The van der Waals surface area contributed by atoms with Gasteiger partial charge in [-0.05, 0) is 6.42 Å². The van der Waals surface area contributed by atoms with Crippen LogP contribution in [0.4, 0.5) is 0 Å². The molecule has 0 bridgehead atoms. The van der Waals surface area contributed by atoms with E-state index in [0.29, 0.717) is 12.1 Å². The number of aliphatic hydroxyl groups is 7. The lowest BCUT2D eigenvalue weighted by atomic mass is 10.1. The number of rotatable bonds is 12. The normalized spacial score (nSPS) is 17.7. The van der Waals surface area contributed by atoms with Crippen LogP contribution < -0.4 is 0 Å². The van der Waals surface area contributed by atoms with Crippen molar-refractivity contribution < 1.29 is 40.5 Å². The molecule has 1 aromatic heterocycles. The van der Waals surface area contributed by atoms with Gasteiger partial charge in [0.25, 0.3) is 0 Å². The van der Waals surface area contributed by atoms with Crippen molar-refractivity contribution in [1.29, 1.82) is 0 Å². The summed E-state index contributed by atoms with van der Waals surface area (Å²) in [5, 5.41) is 65.6. The minimum Gasteiger partial charge on any atom is -0.396 e. The van der Waals surface area contributed by atoms with Gasteiger partial charge in [-0.25, -0.2) is 0 Å². The Balaban J connectivity index is 2.63. The molecule has 0 fully saturated rings. The molecule has 0 aliphatic heterocycles. The Morgan fingerprint density at radius 2 is 1.64 bits per heavy atom. The summed E-state index contributed by atoms with van der Waals surface area (Å²) in [5.41, 5.74) is 0.362. The first-order valence-electron chi connectivity index (χ1n) is 7.91. The number of hydrogen-bond donors (Lipinski definition) is 7. The van der Waals surface area contributed by atoms with Crippen LogP contribution in [0.2, 0.25) is 0 Å². The van der Waals surface area contributed by atoms with Crippen LogP contribution in [0.5, 0.6) is 0 Å². The van der Waals surface area contributed by atoms with Gasteiger partial charge in [-0.15, -0.1) is 0 Å². The number of aliphatic hydroxyl groups excluding tert-OH is 7. The minimum atomic E-state index is -1.62. The fourth-order valence-electron chi connectivity index (χ4n) is 2.05. The Morgan fingerprint density at radius 1 is 0.920 bits per heavy atom. The monoisotopic (exact) mass is 362 g/mol. The molecule has 1 rings (SSSR count). The lowest BCUT2D eigenvalue weighted by Crippen LogP contribution is -2.35. The van der Waals surface area contributed by atoms with E-state index in [1.54, 1.807) is 0 Å². The van der Waals surface area contributed by atoms with Crippen molar-refractivity contribution >= 4 is 0 Å². The molecule has 10 nitrogen and oxygen atoms in total. The average molecular weight is 362 g/mol. The summed E-state index contributed by atoms with van der Waals surface area (Å²) < 4.78 is 5.27. The van der Waals surface area contributed by atoms with E-state index in [1.807, 2.05) is 0 Å². The highest BCUT2D eigenvalue weighted by Gasteiger charge is 2.27. The van der Waals surface area contributed by atoms with Crippen molar-refractivity contribution in [3.8, 4) is 0 Å². The summed E-state index contributed by atoms with van der Waals surface area (Å²) in [7, 11) is 0. The largest absolute Gasteiger partial charge is 0.396 e. The molecule has 25 heavy (non-hydrogen) atoms. The van der Waals surface area contributed by atoms with Crippen LogP contribution in [0, 0.1) is 0 Å². The third kappa shape index (κ3) is 6.88. The van der Waals surface area contributed by atoms with E-state index < -0.39 is 43.7 Å². The molecule has 1 aromatic rings. The number of ether oxygens (including phenoxy) is 1. The van der Waals surface area contributed by atoms with E-state index in [9.17, 15) is 25.5 Å². The topological polar surface area (TPSA) is 177 Å². The van der Waals surface area contributed by atoms with Crippen molar-refractivity contribution in [2.24, 2.45) is 0 Å². The molecule has 7 N–H and O–H groups in total. The molecular weight excluding hydrogens is 336 g/mol. The molecule has 0 saturated carbocycles. The van der Waals surface area contributed by atoms with Gasteiger partial charge < -0.3 is 40.5 Å². The van der Waals surface area contributed by atoms with Gasteiger partial charge in [0.15, 0.2) is 0 Å². The summed E-state index contributed by atoms with van der Waals surface area (Å²) in [6.07, 6.45) is -3.65. The maximum atomic E-state index is 10.1. The lowest BCUT2D eigenvalue weighted by molar-refractivity contribution is -0.0791. The van der Waals surface area contributed by atoms with Crippen LogP contribution in [-0.4, -0.2) is 96.6 Å². The zero-order valence-electron chi connectivity index (χ0n) is 13.7. The highest BCUT2D eigenvalue weighted by molar-refractivity contribution is 5.08. The van der Waals surface area contributed by atoms with Crippen LogP contribution in [0.25, 0.3) is 0 Å². The Bertz CT molecular complexity index is 475. The van der Waals surface area contributed by atoms with E-state index in [-0.39, 0.29) is 25.3 Å². The van der Waals surface area contributed by atoms with Crippen molar-refractivity contribution in [2.45, 2.75) is 43.4 Å². The Labute approximate surface area is 145 Å². The van der Waals surface area contributed by atoms with E-state index in [4.69, 9.17) is 14.9 Å². The van der Waals surface area contributed by atoms with Crippen LogP contribution in [0.1, 0.15) is 23.9 Å². The Kier molecular flexibility index (Phi) is 9.93. The first kappa shape index (κ1) is 21.8. The maximum absolute atomic E-state index is 10.1. The molecule has 144 valence electrons. The first-order valence-corrected chi connectivity index (χ1v) is 7.91. The minimum absolute atomic E-state index is 0.00357. The average Bonchev–Trinajstić information content (AvgIpc) is 2.63.